The van der Waals surface area contributed by atoms with Crippen molar-refractivity contribution in [1.82, 2.24) is 0 Å². The summed E-state index contributed by atoms with van der Waals surface area (Å²) in [5.41, 5.74) is 5.77. The van der Waals surface area contributed by atoms with Gasteiger partial charge in [-0.15, -0.1) is 0 Å². The van der Waals surface area contributed by atoms with Crippen molar-refractivity contribution in [2.24, 2.45) is 17.6 Å². The van der Waals surface area contributed by atoms with Crippen LogP contribution in [-0.2, 0) is 0 Å². The van der Waals surface area contributed by atoms with Crippen molar-refractivity contribution in [3.63, 3.8) is 0 Å². The molecule has 3 atom stereocenters. The minimum absolute atomic E-state index is 0.491. The molecule has 2 N–H and O–H groups in total. The molecular formula is C7H11N. The fourth-order valence-electron chi connectivity index (χ4n) is 1.82. The fourth-order valence-corrected chi connectivity index (χ4v) is 1.82. The predicted octanol–water partition coefficient (Wildman–Crippen LogP) is 0.910. The second kappa shape index (κ2) is 1.35. The first-order valence-corrected chi connectivity index (χ1v) is 3.30. The Morgan fingerprint density at radius 1 is 1.25 bits per heavy atom. The molecule has 2 bridgehead atoms. The second-order valence-electron chi connectivity index (χ2n) is 2.94. The molecule has 0 radical (unpaired) electrons. The van der Waals surface area contributed by atoms with Gasteiger partial charge in [0, 0.05) is 6.04 Å². The summed E-state index contributed by atoms with van der Waals surface area (Å²) in [4.78, 5) is 0. The van der Waals surface area contributed by atoms with Crippen LogP contribution in [0.3, 0.4) is 0 Å². The van der Waals surface area contributed by atoms with Gasteiger partial charge in [0.25, 0.3) is 0 Å². The molecule has 1 heteroatoms. The van der Waals surface area contributed by atoms with E-state index in [1.807, 2.05) is 0 Å². The van der Waals surface area contributed by atoms with E-state index in [-0.39, 0.29) is 0 Å². The summed E-state index contributed by atoms with van der Waals surface area (Å²) in [6.45, 7) is 0. The maximum absolute atomic E-state index is 5.77. The van der Waals surface area contributed by atoms with Crippen LogP contribution >= 0.6 is 0 Å². The largest absolute Gasteiger partial charge is 0.327 e. The SMILES string of the molecule is NC1C[C@H]2C=C[C@@H]1C2. The van der Waals surface area contributed by atoms with Crippen LogP contribution in [0.25, 0.3) is 0 Å². The molecule has 0 spiro atoms. The molecule has 1 fully saturated rings. The molecule has 0 heterocycles. The molecule has 0 aromatic rings. The molecule has 2 aliphatic rings. The summed E-state index contributed by atoms with van der Waals surface area (Å²) < 4.78 is 0. The van der Waals surface area contributed by atoms with E-state index in [9.17, 15) is 0 Å². The van der Waals surface area contributed by atoms with Gasteiger partial charge in [0.15, 0.2) is 0 Å². The number of fused-ring (bicyclic) bond motifs is 2. The number of allylic oxidation sites excluding steroid dienone is 1. The predicted molar refractivity (Wildman–Crippen MR) is 33.3 cm³/mol. The zero-order valence-corrected chi connectivity index (χ0v) is 4.88. The molecule has 0 saturated heterocycles. The van der Waals surface area contributed by atoms with Crippen molar-refractivity contribution in [2.75, 3.05) is 0 Å². The van der Waals surface area contributed by atoms with Gasteiger partial charge in [-0.1, -0.05) is 12.2 Å². The van der Waals surface area contributed by atoms with E-state index in [1.54, 1.807) is 0 Å². The lowest BCUT2D eigenvalue weighted by atomic mass is 10.0. The lowest BCUT2D eigenvalue weighted by molar-refractivity contribution is 0.576. The van der Waals surface area contributed by atoms with E-state index in [1.165, 1.54) is 12.8 Å². The molecule has 1 unspecified atom stereocenters. The van der Waals surface area contributed by atoms with Gasteiger partial charge in [-0.2, -0.15) is 0 Å². The molecule has 2 aliphatic carbocycles. The number of hydrogen-bond donors (Lipinski definition) is 1. The van der Waals surface area contributed by atoms with E-state index in [4.69, 9.17) is 5.73 Å². The topological polar surface area (TPSA) is 26.0 Å². The van der Waals surface area contributed by atoms with Crippen molar-refractivity contribution >= 4 is 0 Å². The first-order valence-electron chi connectivity index (χ1n) is 3.30. The quantitative estimate of drug-likeness (QED) is 0.460. The molecule has 0 aromatic carbocycles. The van der Waals surface area contributed by atoms with Crippen LogP contribution < -0.4 is 5.73 Å². The minimum Gasteiger partial charge on any atom is -0.327 e. The van der Waals surface area contributed by atoms with Gasteiger partial charge in [-0.25, -0.2) is 0 Å². The Morgan fingerprint density at radius 3 is 2.38 bits per heavy atom. The summed E-state index contributed by atoms with van der Waals surface area (Å²) in [7, 11) is 0. The van der Waals surface area contributed by atoms with E-state index in [2.05, 4.69) is 12.2 Å². The van der Waals surface area contributed by atoms with Gasteiger partial charge in [0.2, 0.25) is 0 Å². The molecular weight excluding hydrogens is 98.1 g/mol. The summed E-state index contributed by atoms with van der Waals surface area (Å²) in [6, 6.07) is 0.491. The number of hydrogen-bond acceptors (Lipinski definition) is 1. The smallest absolute Gasteiger partial charge is 0.0108 e. The standard InChI is InChI=1S/C7H11N/c8-7-4-5-1-2-6(7)3-5/h1-2,5-7H,3-4,8H2/t5-,6+,7?/m0/s1. The average molecular weight is 109 g/mol. The van der Waals surface area contributed by atoms with E-state index < -0.39 is 0 Å². The zero-order chi connectivity index (χ0) is 5.56. The van der Waals surface area contributed by atoms with Gasteiger partial charge < -0.3 is 5.73 Å². The molecule has 0 aromatic heterocycles. The van der Waals surface area contributed by atoms with Crippen molar-refractivity contribution in [1.29, 1.82) is 0 Å². The van der Waals surface area contributed by atoms with Crippen LogP contribution in [-0.4, -0.2) is 6.04 Å². The third-order valence-corrected chi connectivity index (χ3v) is 2.33. The lowest BCUT2D eigenvalue weighted by Gasteiger charge is -2.10. The summed E-state index contributed by atoms with van der Waals surface area (Å²) >= 11 is 0. The van der Waals surface area contributed by atoms with Crippen molar-refractivity contribution in [2.45, 2.75) is 18.9 Å². The van der Waals surface area contributed by atoms with Crippen LogP contribution in [0.15, 0.2) is 12.2 Å². The number of nitrogens with two attached hydrogens (primary N) is 1. The second-order valence-corrected chi connectivity index (χ2v) is 2.94. The molecule has 8 heavy (non-hydrogen) atoms. The molecule has 2 rings (SSSR count). The maximum Gasteiger partial charge on any atom is 0.0108 e. The van der Waals surface area contributed by atoms with E-state index >= 15 is 0 Å². The molecule has 1 saturated carbocycles. The highest BCUT2D eigenvalue weighted by Gasteiger charge is 2.32. The highest BCUT2D eigenvalue weighted by atomic mass is 14.7. The third kappa shape index (κ3) is 0.451. The Morgan fingerprint density at radius 2 is 2.12 bits per heavy atom. The summed E-state index contributed by atoms with van der Waals surface area (Å²) in [5, 5.41) is 0. The maximum atomic E-state index is 5.77. The van der Waals surface area contributed by atoms with Crippen LogP contribution in [0, 0.1) is 11.8 Å². The van der Waals surface area contributed by atoms with Crippen LogP contribution in [0.5, 0.6) is 0 Å². The van der Waals surface area contributed by atoms with Crippen LogP contribution in [0.4, 0.5) is 0 Å². The minimum atomic E-state index is 0.491. The van der Waals surface area contributed by atoms with Gasteiger partial charge in [-0.3, -0.25) is 0 Å². The Balaban J connectivity index is 2.23. The Bertz CT molecular complexity index is 128. The molecule has 1 nitrogen and oxygen atoms in total. The van der Waals surface area contributed by atoms with E-state index in [0.717, 1.165) is 11.8 Å². The van der Waals surface area contributed by atoms with E-state index in [0.29, 0.717) is 6.04 Å². The zero-order valence-electron chi connectivity index (χ0n) is 4.88. The molecule has 44 valence electrons. The highest BCUT2D eigenvalue weighted by Crippen LogP contribution is 2.37. The molecule has 0 aliphatic heterocycles. The monoisotopic (exact) mass is 109 g/mol. The van der Waals surface area contributed by atoms with Crippen LogP contribution in [0.2, 0.25) is 0 Å². The van der Waals surface area contributed by atoms with Crippen molar-refractivity contribution < 1.29 is 0 Å². The fraction of sp³-hybridized carbons (Fsp3) is 0.714. The third-order valence-electron chi connectivity index (χ3n) is 2.33. The molecule has 0 amide bonds. The van der Waals surface area contributed by atoms with Gasteiger partial charge in [0.1, 0.15) is 0 Å². The highest BCUT2D eigenvalue weighted by molar-refractivity contribution is 5.11. The first kappa shape index (κ1) is 4.57. The average Bonchev–Trinajstić information content (AvgIpc) is 2.23. The summed E-state index contributed by atoms with van der Waals surface area (Å²) in [5.74, 6) is 1.58. The van der Waals surface area contributed by atoms with Crippen LogP contribution in [0.1, 0.15) is 12.8 Å². The Labute approximate surface area is 49.6 Å². The number of rotatable bonds is 0. The van der Waals surface area contributed by atoms with Crippen molar-refractivity contribution in [3.05, 3.63) is 12.2 Å². The Hall–Kier alpha value is -0.300. The van der Waals surface area contributed by atoms with Gasteiger partial charge in [0.05, 0.1) is 0 Å². The van der Waals surface area contributed by atoms with Gasteiger partial charge in [-0.05, 0) is 24.7 Å². The normalized spacial score (nSPS) is 50.9. The first-order chi connectivity index (χ1) is 3.86. The van der Waals surface area contributed by atoms with Gasteiger partial charge >= 0.3 is 0 Å². The summed E-state index contributed by atoms with van der Waals surface area (Å²) in [6.07, 6.45) is 7.16. The Kier molecular flexibility index (Phi) is 0.770. The van der Waals surface area contributed by atoms with Crippen molar-refractivity contribution in [3.8, 4) is 0 Å². The lowest BCUT2D eigenvalue weighted by Crippen LogP contribution is -2.23.